The van der Waals surface area contributed by atoms with Crippen molar-refractivity contribution >= 4 is 24.4 Å². The molecule has 1 saturated heterocycles. The molecule has 0 aromatic heterocycles. The van der Waals surface area contributed by atoms with Gasteiger partial charge in [-0.2, -0.15) is 12.6 Å². The summed E-state index contributed by atoms with van der Waals surface area (Å²) >= 11 is 4.63. The molecule has 1 heterocycles. The van der Waals surface area contributed by atoms with Gasteiger partial charge >= 0.3 is 5.97 Å². The molecule has 2 atom stereocenters. The van der Waals surface area contributed by atoms with Crippen molar-refractivity contribution in [3.8, 4) is 0 Å². The summed E-state index contributed by atoms with van der Waals surface area (Å²) in [5, 5.41) is 0.0352. The van der Waals surface area contributed by atoms with E-state index in [-0.39, 0.29) is 35.2 Å². The van der Waals surface area contributed by atoms with E-state index in [0.717, 1.165) is 24.8 Å². The van der Waals surface area contributed by atoms with E-state index in [4.69, 9.17) is 4.74 Å². The molecule has 6 heteroatoms. The van der Waals surface area contributed by atoms with Crippen molar-refractivity contribution in [2.45, 2.75) is 43.9 Å². The van der Waals surface area contributed by atoms with Crippen LogP contribution in [0.5, 0.6) is 0 Å². The maximum Gasteiger partial charge on any atom is 0.309 e. The van der Waals surface area contributed by atoms with Gasteiger partial charge in [-0.25, -0.2) is 4.39 Å². The van der Waals surface area contributed by atoms with E-state index in [0.29, 0.717) is 25.3 Å². The van der Waals surface area contributed by atoms with Crippen molar-refractivity contribution < 1.29 is 18.7 Å². The Morgan fingerprint density at radius 2 is 2.07 bits per heavy atom. The molecule has 1 saturated carbocycles. The first-order valence-corrected chi connectivity index (χ1v) is 10.1. The highest BCUT2D eigenvalue weighted by molar-refractivity contribution is 7.81. The number of hydrogen-bond donors (Lipinski definition) is 1. The number of likely N-dealkylation sites (tertiary alicyclic amines) is 1. The van der Waals surface area contributed by atoms with E-state index in [9.17, 15) is 14.0 Å². The minimum Gasteiger partial charge on any atom is -0.466 e. The SMILES string of the molecule is CCOC(=O)C/C=C1\CN(C(C(=O)C2CC2)c2ccccc2F)CCC1S. The lowest BCUT2D eigenvalue weighted by Gasteiger charge is -2.37. The maximum atomic E-state index is 14.5. The smallest absolute Gasteiger partial charge is 0.309 e. The number of carbonyl (C=O) groups excluding carboxylic acids is 2. The molecule has 1 aromatic carbocycles. The Balaban J connectivity index is 1.82. The molecule has 27 heavy (non-hydrogen) atoms. The number of esters is 1. The topological polar surface area (TPSA) is 46.6 Å². The molecule has 0 N–H and O–H groups in total. The zero-order valence-corrected chi connectivity index (χ0v) is 16.5. The first-order chi connectivity index (χ1) is 13.0. The highest BCUT2D eigenvalue weighted by atomic mass is 32.1. The van der Waals surface area contributed by atoms with Crippen LogP contribution in [0.3, 0.4) is 0 Å². The fraction of sp³-hybridized carbons (Fsp3) is 0.524. The van der Waals surface area contributed by atoms with Crippen LogP contribution in [-0.4, -0.2) is 41.6 Å². The first kappa shape index (κ1) is 20.1. The van der Waals surface area contributed by atoms with Crippen molar-refractivity contribution in [2.24, 2.45) is 5.92 Å². The predicted octanol–water partition coefficient (Wildman–Crippen LogP) is 3.73. The van der Waals surface area contributed by atoms with Gasteiger partial charge in [0, 0.05) is 29.8 Å². The van der Waals surface area contributed by atoms with E-state index in [1.54, 1.807) is 25.1 Å². The molecule has 1 aromatic rings. The average molecular weight is 392 g/mol. The molecule has 0 spiro atoms. The number of carbonyl (C=O) groups is 2. The molecule has 146 valence electrons. The summed E-state index contributed by atoms with van der Waals surface area (Å²) in [7, 11) is 0. The molecular weight excluding hydrogens is 365 g/mol. The Hall–Kier alpha value is -1.66. The molecule has 2 fully saturated rings. The second-order valence-corrected chi connectivity index (χ2v) is 7.79. The van der Waals surface area contributed by atoms with Gasteiger partial charge in [-0.1, -0.05) is 24.3 Å². The highest BCUT2D eigenvalue weighted by Gasteiger charge is 2.40. The van der Waals surface area contributed by atoms with Gasteiger partial charge < -0.3 is 4.74 Å². The highest BCUT2D eigenvalue weighted by Crippen LogP contribution is 2.39. The number of ketones is 1. The third-order valence-corrected chi connectivity index (χ3v) is 5.74. The first-order valence-electron chi connectivity index (χ1n) is 9.56. The van der Waals surface area contributed by atoms with Crippen molar-refractivity contribution in [2.75, 3.05) is 19.7 Å². The van der Waals surface area contributed by atoms with Gasteiger partial charge in [0.05, 0.1) is 19.1 Å². The number of benzene rings is 1. The van der Waals surface area contributed by atoms with E-state index in [2.05, 4.69) is 12.6 Å². The number of nitrogens with zero attached hydrogens (tertiary/aromatic N) is 1. The summed E-state index contributed by atoms with van der Waals surface area (Å²) < 4.78 is 19.5. The van der Waals surface area contributed by atoms with Gasteiger partial charge in [0.2, 0.25) is 0 Å². The Morgan fingerprint density at radius 1 is 1.33 bits per heavy atom. The van der Waals surface area contributed by atoms with Gasteiger partial charge in [-0.05, 0) is 37.8 Å². The molecule has 0 amide bonds. The predicted molar refractivity (Wildman–Crippen MR) is 105 cm³/mol. The van der Waals surface area contributed by atoms with E-state index in [1.807, 2.05) is 11.0 Å². The van der Waals surface area contributed by atoms with Crippen molar-refractivity contribution in [1.82, 2.24) is 4.90 Å². The molecule has 2 unspecified atom stereocenters. The van der Waals surface area contributed by atoms with Gasteiger partial charge in [0.1, 0.15) is 5.82 Å². The summed E-state index contributed by atoms with van der Waals surface area (Å²) in [4.78, 5) is 26.7. The monoisotopic (exact) mass is 391 g/mol. The van der Waals surface area contributed by atoms with Crippen LogP contribution < -0.4 is 0 Å². The van der Waals surface area contributed by atoms with Gasteiger partial charge in [0.15, 0.2) is 5.78 Å². The van der Waals surface area contributed by atoms with Crippen LogP contribution in [0.4, 0.5) is 4.39 Å². The van der Waals surface area contributed by atoms with Crippen LogP contribution in [0.2, 0.25) is 0 Å². The number of rotatable bonds is 7. The largest absolute Gasteiger partial charge is 0.466 e. The van der Waals surface area contributed by atoms with Gasteiger partial charge in [-0.3, -0.25) is 14.5 Å². The number of hydrogen-bond acceptors (Lipinski definition) is 5. The number of halogens is 1. The van der Waals surface area contributed by atoms with Crippen LogP contribution in [0.25, 0.3) is 0 Å². The zero-order chi connectivity index (χ0) is 19.4. The van der Waals surface area contributed by atoms with Crippen LogP contribution in [0.15, 0.2) is 35.9 Å². The molecule has 1 aliphatic carbocycles. The summed E-state index contributed by atoms with van der Waals surface area (Å²) in [6.45, 7) is 3.30. The summed E-state index contributed by atoms with van der Waals surface area (Å²) in [5.74, 6) is -0.485. The quantitative estimate of drug-likeness (QED) is 0.437. The Kier molecular flexibility index (Phi) is 6.71. The molecule has 1 aliphatic heterocycles. The Morgan fingerprint density at radius 3 is 2.74 bits per heavy atom. The lowest BCUT2D eigenvalue weighted by molar-refractivity contribution is -0.142. The van der Waals surface area contributed by atoms with Crippen LogP contribution in [-0.2, 0) is 14.3 Å². The van der Waals surface area contributed by atoms with Crippen molar-refractivity contribution in [3.05, 3.63) is 47.3 Å². The molecule has 0 bridgehead atoms. The lowest BCUT2D eigenvalue weighted by atomic mass is 9.93. The van der Waals surface area contributed by atoms with E-state index >= 15 is 0 Å². The minimum atomic E-state index is -0.578. The number of piperidine rings is 1. The average Bonchev–Trinajstić information content (AvgIpc) is 3.49. The van der Waals surface area contributed by atoms with Gasteiger partial charge in [-0.15, -0.1) is 0 Å². The molecule has 2 aliphatic rings. The molecule has 3 rings (SSSR count). The third kappa shape index (κ3) is 4.99. The zero-order valence-electron chi connectivity index (χ0n) is 15.6. The minimum absolute atomic E-state index is 0.0352. The molecular formula is C21H26FNO3S. The van der Waals surface area contributed by atoms with Crippen molar-refractivity contribution in [3.63, 3.8) is 0 Å². The Bertz CT molecular complexity index is 732. The number of thiol groups is 1. The number of Topliss-reactive ketones (excluding diaryl/α,β-unsaturated/α-hetero) is 1. The van der Waals surface area contributed by atoms with Crippen LogP contribution in [0, 0.1) is 11.7 Å². The molecule has 4 nitrogen and oxygen atoms in total. The van der Waals surface area contributed by atoms with E-state index in [1.165, 1.54) is 6.07 Å². The summed E-state index contributed by atoms with van der Waals surface area (Å²) in [6, 6.07) is 5.95. The standard InChI is InChI=1S/C21H26FNO3S/c1-2-26-19(24)10-9-15-13-23(12-11-18(15)27)20(21(25)14-7-8-14)16-5-3-4-6-17(16)22/h3-6,9,14,18,20,27H,2,7-8,10-13H2,1H3/b15-9+. The van der Waals surface area contributed by atoms with Crippen molar-refractivity contribution in [1.29, 1.82) is 0 Å². The second-order valence-electron chi connectivity index (χ2n) is 7.16. The fourth-order valence-electron chi connectivity index (χ4n) is 3.57. The number of ether oxygens (including phenoxy) is 1. The maximum absolute atomic E-state index is 14.5. The third-order valence-electron chi connectivity index (χ3n) is 5.15. The van der Waals surface area contributed by atoms with Crippen LogP contribution >= 0.6 is 12.6 Å². The summed E-state index contributed by atoms with van der Waals surface area (Å²) in [5.41, 5.74) is 1.43. The Labute approximate surface area is 165 Å². The van der Waals surface area contributed by atoms with Crippen LogP contribution in [0.1, 0.15) is 44.2 Å². The van der Waals surface area contributed by atoms with E-state index < -0.39 is 6.04 Å². The fourth-order valence-corrected chi connectivity index (χ4v) is 3.87. The summed E-state index contributed by atoms with van der Waals surface area (Å²) in [6.07, 6.45) is 4.56. The lowest BCUT2D eigenvalue weighted by Crippen LogP contribution is -2.42. The normalized spacial score (nSPS) is 23.2. The van der Waals surface area contributed by atoms with Gasteiger partial charge in [0.25, 0.3) is 0 Å². The second kappa shape index (κ2) is 9.02. The molecule has 0 radical (unpaired) electrons.